The van der Waals surface area contributed by atoms with Crippen LogP contribution in [0.4, 0.5) is 13.2 Å². The zero-order valence-corrected chi connectivity index (χ0v) is 12.0. The van der Waals surface area contributed by atoms with Crippen molar-refractivity contribution in [2.75, 3.05) is 7.05 Å². The van der Waals surface area contributed by atoms with E-state index in [9.17, 15) is 13.2 Å². The molecule has 0 aliphatic heterocycles. The molecule has 0 aliphatic carbocycles. The van der Waals surface area contributed by atoms with Gasteiger partial charge in [-0.3, -0.25) is 0 Å². The molecule has 1 heterocycles. The van der Waals surface area contributed by atoms with Gasteiger partial charge in [0.05, 0.1) is 10.6 Å². The van der Waals surface area contributed by atoms with Gasteiger partial charge in [0, 0.05) is 23.5 Å². The Balaban J connectivity index is 2.32. The van der Waals surface area contributed by atoms with Crippen LogP contribution in [0.3, 0.4) is 0 Å². The quantitative estimate of drug-likeness (QED) is 0.924. The third-order valence-corrected chi connectivity index (χ3v) is 4.02. The van der Waals surface area contributed by atoms with Crippen molar-refractivity contribution in [3.8, 4) is 0 Å². The van der Waals surface area contributed by atoms with Gasteiger partial charge in [0.15, 0.2) is 0 Å². The molecule has 0 radical (unpaired) electrons. The fraction of sp³-hybridized carbons (Fsp3) is 0.357. The lowest BCUT2D eigenvalue weighted by Gasteiger charge is -2.20. The van der Waals surface area contributed by atoms with Gasteiger partial charge >= 0.3 is 6.18 Å². The molecule has 1 N–H and O–H groups in total. The van der Waals surface area contributed by atoms with Crippen LogP contribution in [0.5, 0.6) is 0 Å². The molecule has 0 amide bonds. The van der Waals surface area contributed by atoms with E-state index in [4.69, 9.17) is 0 Å². The zero-order chi connectivity index (χ0) is 14.8. The van der Waals surface area contributed by atoms with Crippen LogP contribution in [0.1, 0.15) is 27.9 Å². The highest BCUT2D eigenvalue weighted by atomic mass is 32.1. The molecule has 1 aromatic carbocycles. The van der Waals surface area contributed by atoms with Gasteiger partial charge in [-0.15, -0.1) is 11.3 Å². The number of alkyl halides is 3. The molecule has 2 aromatic rings. The van der Waals surface area contributed by atoms with Crippen molar-refractivity contribution >= 4 is 11.3 Å². The van der Waals surface area contributed by atoms with Crippen molar-refractivity contribution < 1.29 is 13.2 Å². The lowest BCUT2D eigenvalue weighted by molar-refractivity contribution is -0.138. The summed E-state index contributed by atoms with van der Waals surface area (Å²) in [6.45, 7) is 1.87. The Hall–Kier alpha value is -1.40. The Morgan fingerprint density at radius 3 is 2.55 bits per heavy atom. The Labute approximate surface area is 119 Å². The van der Waals surface area contributed by atoms with Crippen LogP contribution in [0, 0.1) is 6.92 Å². The number of benzene rings is 1. The molecule has 0 bridgehead atoms. The van der Waals surface area contributed by atoms with E-state index in [2.05, 4.69) is 10.3 Å². The number of halogens is 3. The van der Waals surface area contributed by atoms with E-state index in [0.29, 0.717) is 6.42 Å². The van der Waals surface area contributed by atoms with Gasteiger partial charge in [-0.25, -0.2) is 4.98 Å². The van der Waals surface area contributed by atoms with E-state index >= 15 is 0 Å². The maximum atomic E-state index is 13.0. The normalized spacial score (nSPS) is 13.4. The number of thiazole rings is 1. The number of likely N-dealkylation sites (N-methyl/N-ethyl adjacent to an activating group) is 1. The third-order valence-electron chi connectivity index (χ3n) is 3.04. The largest absolute Gasteiger partial charge is 0.416 e. The Morgan fingerprint density at radius 1 is 1.30 bits per heavy atom. The number of aromatic nitrogens is 1. The van der Waals surface area contributed by atoms with Gasteiger partial charge in [-0.05, 0) is 25.6 Å². The predicted molar refractivity (Wildman–Crippen MR) is 73.8 cm³/mol. The molecule has 0 fully saturated rings. The maximum Gasteiger partial charge on any atom is 0.416 e. The van der Waals surface area contributed by atoms with Crippen LogP contribution in [0.2, 0.25) is 0 Å². The molecular formula is C14H15F3N2S. The van der Waals surface area contributed by atoms with E-state index in [0.717, 1.165) is 16.8 Å². The molecular weight excluding hydrogens is 285 g/mol. The lowest BCUT2D eigenvalue weighted by Crippen LogP contribution is -2.22. The smallest absolute Gasteiger partial charge is 0.313 e. The molecule has 2 nitrogen and oxygen atoms in total. The van der Waals surface area contributed by atoms with Crippen molar-refractivity contribution in [2.45, 2.75) is 25.6 Å². The number of nitrogens with one attached hydrogen (secondary N) is 1. The second kappa shape index (κ2) is 5.93. The highest BCUT2D eigenvalue weighted by molar-refractivity contribution is 7.09. The third kappa shape index (κ3) is 3.37. The zero-order valence-electron chi connectivity index (χ0n) is 11.2. The van der Waals surface area contributed by atoms with Gasteiger partial charge < -0.3 is 5.32 Å². The van der Waals surface area contributed by atoms with E-state index in [1.165, 1.54) is 23.5 Å². The van der Waals surface area contributed by atoms with Crippen LogP contribution < -0.4 is 5.32 Å². The predicted octanol–water partition coefficient (Wildman–Crippen LogP) is 3.97. The highest BCUT2D eigenvalue weighted by Crippen LogP contribution is 2.35. The summed E-state index contributed by atoms with van der Waals surface area (Å²) in [7, 11) is 1.66. The second-order valence-corrected chi connectivity index (χ2v) is 5.46. The topological polar surface area (TPSA) is 24.9 Å². The first kappa shape index (κ1) is 15.0. The Morgan fingerprint density at radius 2 is 2.00 bits per heavy atom. The van der Waals surface area contributed by atoms with E-state index in [1.807, 2.05) is 12.3 Å². The number of nitrogens with zero attached hydrogens (tertiary/aromatic N) is 1. The Kier molecular flexibility index (Phi) is 4.45. The van der Waals surface area contributed by atoms with Gasteiger partial charge in [0.2, 0.25) is 0 Å². The molecule has 6 heteroatoms. The molecule has 0 spiro atoms. The molecule has 1 unspecified atom stereocenters. The first-order valence-corrected chi connectivity index (χ1v) is 7.04. The van der Waals surface area contributed by atoms with Gasteiger partial charge in [0.25, 0.3) is 0 Å². The summed E-state index contributed by atoms with van der Waals surface area (Å²) in [4.78, 5) is 4.31. The average molecular weight is 300 g/mol. The van der Waals surface area contributed by atoms with Crippen molar-refractivity contribution in [3.05, 3.63) is 51.5 Å². The molecule has 0 saturated carbocycles. The number of aryl methyl sites for hydroxylation is 1. The first-order valence-electron chi connectivity index (χ1n) is 6.16. The Bertz CT molecular complexity index is 578. The van der Waals surface area contributed by atoms with Gasteiger partial charge in [-0.2, -0.15) is 13.2 Å². The standard InChI is InChI=1S/C14H15F3N2S/c1-9-8-20-13(19-9)7-12(18-2)10-5-3-4-6-11(10)14(15,16)17/h3-6,8,12,18H,7H2,1-2H3. The van der Waals surface area contributed by atoms with Crippen molar-refractivity contribution in [2.24, 2.45) is 0 Å². The van der Waals surface area contributed by atoms with Crippen LogP contribution in [0.15, 0.2) is 29.6 Å². The van der Waals surface area contributed by atoms with Crippen LogP contribution in [-0.4, -0.2) is 12.0 Å². The van der Waals surface area contributed by atoms with E-state index < -0.39 is 17.8 Å². The average Bonchev–Trinajstić information content (AvgIpc) is 2.80. The minimum Gasteiger partial charge on any atom is -0.313 e. The second-order valence-electron chi connectivity index (χ2n) is 4.51. The van der Waals surface area contributed by atoms with Crippen molar-refractivity contribution in [1.29, 1.82) is 0 Å². The summed E-state index contributed by atoms with van der Waals surface area (Å²) in [6.07, 6.45) is -3.90. The summed E-state index contributed by atoms with van der Waals surface area (Å²) in [5, 5.41) is 5.69. The SMILES string of the molecule is CNC(Cc1nc(C)cs1)c1ccccc1C(F)(F)F. The summed E-state index contributed by atoms with van der Waals surface area (Å²) in [6, 6.07) is 5.27. The molecule has 0 aliphatic rings. The van der Waals surface area contributed by atoms with Gasteiger partial charge in [0.1, 0.15) is 0 Å². The van der Waals surface area contributed by atoms with Crippen molar-refractivity contribution in [1.82, 2.24) is 10.3 Å². The summed E-state index contributed by atoms with van der Waals surface area (Å²) < 4.78 is 39.1. The van der Waals surface area contributed by atoms with Gasteiger partial charge in [-0.1, -0.05) is 18.2 Å². The van der Waals surface area contributed by atoms with Crippen molar-refractivity contribution in [3.63, 3.8) is 0 Å². The molecule has 2 rings (SSSR count). The van der Waals surface area contributed by atoms with Crippen LogP contribution in [-0.2, 0) is 12.6 Å². The minimum atomic E-state index is -4.34. The van der Waals surface area contributed by atoms with E-state index in [1.54, 1.807) is 13.1 Å². The fourth-order valence-electron chi connectivity index (χ4n) is 2.10. The van der Waals surface area contributed by atoms with E-state index in [-0.39, 0.29) is 5.56 Å². The van der Waals surface area contributed by atoms with Crippen LogP contribution >= 0.6 is 11.3 Å². The molecule has 1 aromatic heterocycles. The summed E-state index contributed by atoms with van der Waals surface area (Å²) in [5.74, 6) is 0. The number of hydrogen-bond acceptors (Lipinski definition) is 3. The first-order chi connectivity index (χ1) is 9.41. The maximum absolute atomic E-state index is 13.0. The number of rotatable bonds is 4. The van der Waals surface area contributed by atoms with Crippen LogP contribution in [0.25, 0.3) is 0 Å². The molecule has 0 saturated heterocycles. The number of hydrogen-bond donors (Lipinski definition) is 1. The minimum absolute atomic E-state index is 0.260. The summed E-state index contributed by atoms with van der Waals surface area (Å²) in [5.41, 5.74) is 0.562. The monoisotopic (exact) mass is 300 g/mol. The lowest BCUT2D eigenvalue weighted by atomic mass is 9.98. The molecule has 20 heavy (non-hydrogen) atoms. The molecule has 1 atom stereocenters. The highest BCUT2D eigenvalue weighted by Gasteiger charge is 2.34. The summed E-state index contributed by atoms with van der Waals surface area (Å²) >= 11 is 1.47. The molecule has 108 valence electrons. The fourth-order valence-corrected chi connectivity index (χ4v) is 2.92.